The third-order valence-corrected chi connectivity index (χ3v) is 5.62. The van der Waals surface area contributed by atoms with Crippen molar-refractivity contribution in [2.24, 2.45) is 0 Å². The van der Waals surface area contributed by atoms with Crippen molar-refractivity contribution in [3.63, 3.8) is 0 Å². The second kappa shape index (κ2) is 7.50. The zero-order valence-corrected chi connectivity index (χ0v) is 16.0. The van der Waals surface area contributed by atoms with E-state index in [-0.39, 0.29) is 29.9 Å². The van der Waals surface area contributed by atoms with Crippen molar-refractivity contribution < 1.29 is 19.1 Å². The van der Waals surface area contributed by atoms with E-state index in [9.17, 15) is 9.59 Å². The summed E-state index contributed by atoms with van der Waals surface area (Å²) in [6.45, 7) is 0. The Kier molecular flexibility index (Phi) is 4.90. The highest BCUT2D eigenvalue weighted by atomic mass is 16.5. The van der Waals surface area contributed by atoms with Crippen LogP contribution in [-0.2, 0) is 9.59 Å². The first-order valence-electron chi connectivity index (χ1n) is 9.43. The number of nitrogens with one attached hydrogen (secondary N) is 1. The van der Waals surface area contributed by atoms with Gasteiger partial charge in [-0.15, -0.1) is 0 Å². The van der Waals surface area contributed by atoms with Gasteiger partial charge in [0.15, 0.2) is 5.78 Å². The molecule has 5 nitrogen and oxygen atoms in total. The predicted molar refractivity (Wildman–Crippen MR) is 105 cm³/mol. The van der Waals surface area contributed by atoms with E-state index in [1.165, 1.54) is 0 Å². The van der Waals surface area contributed by atoms with Crippen molar-refractivity contribution in [3.8, 4) is 11.5 Å². The number of hydrogen-bond donors (Lipinski definition) is 1. The van der Waals surface area contributed by atoms with Crippen LogP contribution in [0.15, 0.2) is 59.8 Å². The van der Waals surface area contributed by atoms with E-state index in [0.717, 1.165) is 33.9 Å². The van der Waals surface area contributed by atoms with Crippen molar-refractivity contribution in [1.29, 1.82) is 0 Å². The number of ketones is 1. The summed E-state index contributed by atoms with van der Waals surface area (Å²) in [6, 6.07) is 15.4. The largest absolute Gasteiger partial charge is 0.497 e. The Balaban J connectivity index is 1.68. The maximum Gasteiger partial charge on any atom is 0.225 e. The number of carbonyl (C=O) groups is 2. The van der Waals surface area contributed by atoms with Crippen molar-refractivity contribution in [3.05, 3.63) is 70.9 Å². The Labute approximate surface area is 164 Å². The molecule has 0 saturated heterocycles. The van der Waals surface area contributed by atoms with Gasteiger partial charge in [0, 0.05) is 30.0 Å². The van der Waals surface area contributed by atoms with Crippen LogP contribution >= 0.6 is 0 Å². The molecule has 144 valence electrons. The molecule has 0 fully saturated rings. The second-order valence-corrected chi connectivity index (χ2v) is 7.28. The molecule has 0 bridgehead atoms. The van der Waals surface area contributed by atoms with Gasteiger partial charge in [-0.1, -0.05) is 24.3 Å². The summed E-state index contributed by atoms with van der Waals surface area (Å²) < 4.78 is 10.5. The molecular formula is C23H23NO4. The molecule has 2 aliphatic rings. The van der Waals surface area contributed by atoms with Gasteiger partial charge in [0.25, 0.3) is 0 Å². The first-order valence-corrected chi connectivity index (χ1v) is 9.43. The Bertz CT molecular complexity index is 945. The van der Waals surface area contributed by atoms with E-state index < -0.39 is 0 Å². The lowest BCUT2D eigenvalue weighted by Crippen LogP contribution is -2.38. The zero-order chi connectivity index (χ0) is 19.7. The number of methoxy groups -OCH3 is 2. The number of benzene rings is 2. The van der Waals surface area contributed by atoms with Crippen molar-refractivity contribution in [2.45, 2.75) is 31.1 Å². The van der Waals surface area contributed by atoms with E-state index in [2.05, 4.69) is 5.32 Å². The highest BCUT2D eigenvalue weighted by Gasteiger charge is 2.38. The molecule has 1 aliphatic heterocycles. The summed E-state index contributed by atoms with van der Waals surface area (Å²) in [5, 5.41) is 2.96. The van der Waals surface area contributed by atoms with Crippen LogP contribution in [0, 0.1) is 0 Å². The molecule has 0 saturated carbocycles. The van der Waals surface area contributed by atoms with Gasteiger partial charge in [-0.05, 0) is 47.7 Å². The van der Waals surface area contributed by atoms with Gasteiger partial charge >= 0.3 is 0 Å². The second-order valence-electron chi connectivity index (χ2n) is 7.28. The third-order valence-electron chi connectivity index (χ3n) is 5.62. The van der Waals surface area contributed by atoms with E-state index >= 15 is 0 Å². The van der Waals surface area contributed by atoms with Gasteiger partial charge in [-0.25, -0.2) is 0 Å². The molecule has 2 aromatic rings. The molecule has 1 aliphatic carbocycles. The fourth-order valence-electron chi connectivity index (χ4n) is 4.21. The molecule has 2 aromatic carbocycles. The van der Waals surface area contributed by atoms with Crippen LogP contribution in [0.2, 0.25) is 0 Å². The number of hydrogen-bond acceptors (Lipinski definition) is 4. The molecule has 5 heteroatoms. The molecule has 28 heavy (non-hydrogen) atoms. The maximum atomic E-state index is 13.1. The van der Waals surface area contributed by atoms with E-state index in [1.807, 2.05) is 48.5 Å². The van der Waals surface area contributed by atoms with Crippen LogP contribution in [0.25, 0.3) is 0 Å². The standard InChI is InChI=1S/C23H23NO4/c1-27-17-8-6-14(7-9-17)16-11-20-23(21(25)12-16)19(13-22(26)24-20)15-4-3-5-18(10-15)28-2/h3-10,16,19H,11-13H2,1-2H3,(H,24,26). The van der Waals surface area contributed by atoms with Gasteiger partial charge in [-0.3, -0.25) is 9.59 Å². The van der Waals surface area contributed by atoms with E-state index in [4.69, 9.17) is 9.47 Å². The van der Waals surface area contributed by atoms with Crippen LogP contribution in [0.3, 0.4) is 0 Å². The number of rotatable bonds is 4. The van der Waals surface area contributed by atoms with Crippen LogP contribution < -0.4 is 14.8 Å². The van der Waals surface area contributed by atoms with Crippen molar-refractivity contribution in [2.75, 3.05) is 14.2 Å². The molecule has 4 rings (SSSR count). The van der Waals surface area contributed by atoms with Crippen molar-refractivity contribution in [1.82, 2.24) is 5.32 Å². The van der Waals surface area contributed by atoms with Crippen LogP contribution in [-0.4, -0.2) is 25.9 Å². The molecule has 1 heterocycles. The topological polar surface area (TPSA) is 64.6 Å². The number of amides is 1. The van der Waals surface area contributed by atoms with E-state index in [0.29, 0.717) is 12.8 Å². The number of Topliss-reactive ketones (excluding diaryl/α,β-unsaturated/α-hetero) is 1. The lowest BCUT2D eigenvalue weighted by Gasteiger charge is -2.34. The van der Waals surface area contributed by atoms with Gasteiger partial charge in [0.05, 0.1) is 14.2 Å². The highest BCUT2D eigenvalue weighted by Crippen LogP contribution is 2.43. The third kappa shape index (κ3) is 3.40. The average molecular weight is 377 g/mol. The predicted octanol–water partition coefficient (Wildman–Crippen LogP) is 3.71. The Morgan fingerprint density at radius 3 is 2.32 bits per heavy atom. The molecule has 1 amide bonds. The van der Waals surface area contributed by atoms with Crippen LogP contribution in [0.5, 0.6) is 11.5 Å². The number of carbonyl (C=O) groups excluding carboxylic acids is 2. The first kappa shape index (κ1) is 18.3. The zero-order valence-electron chi connectivity index (χ0n) is 16.0. The quantitative estimate of drug-likeness (QED) is 0.882. The highest BCUT2D eigenvalue weighted by molar-refractivity contribution is 6.02. The lowest BCUT2D eigenvalue weighted by molar-refractivity contribution is -0.122. The fraction of sp³-hybridized carbons (Fsp3) is 0.304. The van der Waals surface area contributed by atoms with Crippen molar-refractivity contribution >= 4 is 11.7 Å². The summed E-state index contributed by atoms with van der Waals surface area (Å²) in [6.07, 6.45) is 1.38. The normalized spacial score (nSPS) is 21.8. The van der Waals surface area contributed by atoms with E-state index in [1.54, 1.807) is 14.2 Å². The minimum atomic E-state index is -0.219. The Morgan fingerprint density at radius 2 is 1.61 bits per heavy atom. The fourth-order valence-corrected chi connectivity index (χ4v) is 4.21. The Hall–Kier alpha value is -3.08. The Morgan fingerprint density at radius 1 is 0.857 bits per heavy atom. The van der Waals surface area contributed by atoms with Gasteiger partial charge in [-0.2, -0.15) is 0 Å². The smallest absolute Gasteiger partial charge is 0.225 e. The van der Waals surface area contributed by atoms with Crippen LogP contribution in [0.1, 0.15) is 42.2 Å². The summed E-state index contributed by atoms with van der Waals surface area (Å²) in [4.78, 5) is 25.5. The maximum absolute atomic E-state index is 13.1. The summed E-state index contributed by atoms with van der Waals surface area (Å²) in [5.74, 6) is 1.41. The molecule has 2 unspecified atom stereocenters. The average Bonchev–Trinajstić information content (AvgIpc) is 2.73. The van der Waals surface area contributed by atoms with Gasteiger partial charge in [0.2, 0.25) is 5.91 Å². The minimum absolute atomic E-state index is 0.0465. The summed E-state index contributed by atoms with van der Waals surface area (Å²) >= 11 is 0. The van der Waals surface area contributed by atoms with Gasteiger partial charge in [0.1, 0.15) is 11.5 Å². The molecule has 0 spiro atoms. The number of allylic oxidation sites excluding steroid dienone is 2. The molecule has 2 atom stereocenters. The molecule has 1 N–H and O–H groups in total. The SMILES string of the molecule is COc1ccc(C2CC(=O)C3=C(C2)NC(=O)CC3c2cccc(OC)c2)cc1. The lowest BCUT2D eigenvalue weighted by atomic mass is 9.73. The molecule has 0 aromatic heterocycles. The number of ether oxygens (including phenoxy) is 2. The first-order chi connectivity index (χ1) is 13.6. The monoisotopic (exact) mass is 377 g/mol. The minimum Gasteiger partial charge on any atom is -0.497 e. The summed E-state index contributed by atoms with van der Waals surface area (Å²) in [7, 11) is 3.25. The van der Waals surface area contributed by atoms with Gasteiger partial charge < -0.3 is 14.8 Å². The molecule has 0 radical (unpaired) electrons. The summed E-state index contributed by atoms with van der Waals surface area (Å²) in [5.41, 5.74) is 3.54. The van der Waals surface area contributed by atoms with Crippen LogP contribution in [0.4, 0.5) is 0 Å². The molecular weight excluding hydrogens is 354 g/mol.